The largest absolute Gasteiger partial charge is 0.350 e. The van der Waals surface area contributed by atoms with Crippen LogP contribution in [0, 0.1) is 0 Å². The van der Waals surface area contributed by atoms with Gasteiger partial charge in [-0.3, -0.25) is 13.5 Å². The fourth-order valence-electron chi connectivity index (χ4n) is 2.33. The lowest BCUT2D eigenvalue weighted by Crippen LogP contribution is -2.33. The number of benzene rings is 2. The highest BCUT2D eigenvalue weighted by Crippen LogP contribution is 2.19. The van der Waals surface area contributed by atoms with Crippen LogP contribution in [0.4, 0.5) is 0 Å². The Bertz CT molecular complexity index is 916. The van der Waals surface area contributed by atoms with Crippen LogP contribution in [0.1, 0.15) is 18.5 Å². The summed E-state index contributed by atoms with van der Waals surface area (Å²) in [7, 11) is 0. The van der Waals surface area contributed by atoms with E-state index in [0.29, 0.717) is 11.9 Å². The summed E-state index contributed by atoms with van der Waals surface area (Å²) in [6, 6.07) is 14.6. The third-order valence-corrected chi connectivity index (χ3v) is 5.33. The van der Waals surface area contributed by atoms with Crippen LogP contribution in [0.25, 0.3) is 10.1 Å². The molecule has 0 fully saturated rings. The zero-order valence-electron chi connectivity index (χ0n) is 12.5. The van der Waals surface area contributed by atoms with Crippen molar-refractivity contribution in [1.29, 1.82) is 0 Å². The van der Waals surface area contributed by atoms with Crippen LogP contribution in [-0.4, -0.2) is 9.86 Å². The van der Waals surface area contributed by atoms with E-state index in [2.05, 4.69) is 21.2 Å². The van der Waals surface area contributed by atoms with Gasteiger partial charge in [0.1, 0.15) is 6.04 Å². The predicted molar refractivity (Wildman–Crippen MR) is 96.8 cm³/mol. The molecule has 6 heteroatoms. The highest BCUT2D eigenvalue weighted by Gasteiger charge is 2.19. The van der Waals surface area contributed by atoms with Gasteiger partial charge in [-0.25, -0.2) is 0 Å². The van der Waals surface area contributed by atoms with Gasteiger partial charge in [-0.2, -0.15) is 0 Å². The Labute approximate surface area is 146 Å². The minimum absolute atomic E-state index is 0.115. The molecule has 0 unspecified atom stereocenters. The second-order valence-corrected chi connectivity index (χ2v) is 7.17. The molecule has 0 saturated carbocycles. The molecule has 0 spiro atoms. The van der Waals surface area contributed by atoms with Gasteiger partial charge in [0.05, 0.1) is 10.1 Å². The van der Waals surface area contributed by atoms with E-state index in [1.54, 1.807) is 13.0 Å². The topological polar surface area (TPSA) is 51.1 Å². The summed E-state index contributed by atoms with van der Waals surface area (Å²) in [5, 5.41) is 3.54. The van der Waals surface area contributed by atoms with Crippen LogP contribution in [0.2, 0.25) is 0 Å². The summed E-state index contributed by atoms with van der Waals surface area (Å²) in [5.41, 5.74) is 0.888. The second kappa shape index (κ2) is 6.68. The van der Waals surface area contributed by atoms with E-state index >= 15 is 0 Å². The molecule has 118 valence electrons. The van der Waals surface area contributed by atoms with E-state index in [1.807, 2.05) is 42.5 Å². The Morgan fingerprint density at radius 3 is 2.78 bits per heavy atom. The van der Waals surface area contributed by atoms with Gasteiger partial charge in [0, 0.05) is 11.0 Å². The summed E-state index contributed by atoms with van der Waals surface area (Å²) in [4.78, 5) is 24.7. The maximum atomic E-state index is 12.4. The standard InChI is InChI=1S/C17H15BrN2O2S/c1-11(16(21)19-10-12-5-4-6-13(18)9-12)20-17(22)14-7-2-3-8-15(14)23-20/h2-9,11H,10H2,1H3,(H,19,21)/t11-/m0/s1. The molecule has 1 N–H and O–H groups in total. The maximum absolute atomic E-state index is 12.4. The molecule has 23 heavy (non-hydrogen) atoms. The van der Waals surface area contributed by atoms with Gasteiger partial charge in [0.2, 0.25) is 5.91 Å². The van der Waals surface area contributed by atoms with Gasteiger partial charge in [-0.15, -0.1) is 0 Å². The van der Waals surface area contributed by atoms with Crippen molar-refractivity contribution in [1.82, 2.24) is 9.27 Å². The molecule has 3 rings (SSSR count). The van der Waals surface area contributed by atoms with Crippen molar-refractivity contribution in [3.8, 4) is 0 Å². The molecule has 0 aliphatic heterocycles. The van der Waals surface area contributed by atoms with Crippen LogP contribution in [0.15, 0.2) is 57.8 Å². The fourth-order valence-corrected chi connectivity index (χ4v) is 3.82. The normalized spacial score (nSPS) is 12.3. The van der Waals surface area contributed by atoms with Gasteiger partial charge in [0.25, 0.3) is 5.56 Å². The van der Waals surface area contributed by atoms with E-state index in [0.717, 1.165) is 14.7 Å². The van der Waals surface area contributed by atoms with Crippen molar-refractivity contribution in [2.24, 2.45) is 0 Å². The van der Waals surface area contributed by atoms with Crippen LogP contribution >= 0.6 is 27.5 Å². The highest BCUT2D eigenvalue weighted by atomic mass is 79.9. The summed E-state index contributed by atoms with van der Waals surface area (Å²) in [5.74, 6) is -0.168. The number of hydrogen-bond acceptors (Lipinski definition) is 3. The number of halogens is 1. The Kier molecular flexibility index (Phi) is 4.63. The van der Waals surface area contributed by atoms with Gasteiger partial charge < -0.3 is 5.32 Å². The van der Waals surface area contributed by atoms with E-state index in [1.165, 1.54) is 15.5 Å². The first-order valence-corrected chi connectivity index (χ1v) is 8.75. The molecule has 0 aliphatic carbocycles. The summed E-state index contributed by atoms with van der Waals surface area (Å²) in [6.45, 7) is 2.18. The number of nitrogens with one attached hydrogen (secondary N) is 1. The monoisotopic (exact) mass is 390 g/mol. The SMILES string of the molecule is C[C@@H](C(=O)NCc1cccc(Br)c1)n1sc2ccccc2c1=O. The molecule has 1 atom stereocenters. The van der Waals surface area contributed by atoms with Crippen LogP contribution in [0.5, 0.6) is 0 Å². The lowest BCUT2D eigenvalue weighted by atomic mass is 10.2. The summed E-state index contributed by atoms with van der Waals surface area (Å²) in [6.07, 6.45) is 0. The van der Waals surface area contributed by atoms with Crippen molar-refractivity contribution in [2.45, 2.75) is 19.5 Å². The van der Waals surface area contributed by atoms with Crippen LogP contribution in [-0.2, 0) is 11.3 Å². The first kappa shape index (κ1) is 16.0. The number of carbonyl (C=O) groups excluding carboxylic acids is 1. The number of rotatable bonds is 4. The average molecular weight is 391 g/mol. The maximum Gasteiger partial charge on any atom is 0.269 e. The van der Waals surface area contributed by atoms with Crippen molar-refractivity contribution < 1.29 is 4.79 Å². The number of carbonyl (C=O) groups is 1. The minimum Gasteiger partial charge on any atom is -0.350 e. The molecule has 1 amide bonds. The van der Waals surface area contributed by atoms with E-state index < -0.39 is 6.04 Å². The number of amides is 1. The van der Waals surface area contributed by atoms with Gasteiger partial charge in [-0.05, 0) is 36.8 Å². The molecule has 2 aromatic carbocycles. The third kappa shape index (κ3) is 3.38. The Balaban J connectivity index is 1.76. The third-order valence-electron chi connectivity index (χ3n) is 3.60. The number of aromatic nitrogens is 1. The van der Waals surface area contributed by atoms with E-state index in [9.17, 15) is 9.59 Å². The summed E-state index contributed by atoms with van der Waals surface area (Å²) >= 11 is 4.73. The van der Waals surface area contributed by atoms with E-state index in [4.69, 9.17) is 0 Å². The first-order chi connectivity index (χ1) is 11.1. The molecular weight excluding hydrogens is 376 g/mol. The van der Waals surface area contributed by atoms with Gasteiger partial charge in [0.15, 0.2) is 0 Å². The lowest BCUT2D eigenvalue weighted by molar-refractivity contribution is -0.123. The number of nitrogens with zero attached hydrogens (tertiary/aromatic N) is 1. The Hall–Kier alpha value is -1.92. The highest BCUT2D eigenvalue weighted by molar-refractivity contribution is 9.10. The number of hydrogen-bond donors (Lipinski definition) is 1. The molecule has 0 aliphatic rings. The molecule has 1 aromatic heterocycles. The molecule has 4 nitrogen and oxygen atoms in total. The average Bonchev–Trinajstić information content (AvgIpc) is 2.89. The van der Waals surface area contributed by atoms with Crippen molar-refractivity contribution >= 4 is 43.5 Å². The van der Waals surface area contributed by atoms with Crippen LogP contribution in [0.3, 0.4) is 0 Å². The molecule has 1 heterocycles. The summed E-state index contributed by atoms with van der Waals surface area (Å²) < 4.78 is 3.39. The van der Waals surface area contributed by atoms with Gasteiger partial charge in [-0.1, -0.05) is 51.7 Å². The van der Waals surface area contributed by atoms with Crippen LogP contribution < -0.4 is 10.9 Å². The zero-order chi connectivity index (χ0) is 16.4. The van der Waals surface area contributed by atoms with Crippen molar-refractivity contribution in [3.05, 3.63) is 68.9 Å². The molecule has 3 aromatic rings. The smallest absolute Gasteiger partial charge is 0.269 e. The molecule has 0 radical (unpaired) electrons. The Morgan fingerprint density at radius 2 is 2.04 bits per heavy atom. The molecule has 0 bridgehead atoms. The van der Waals surface area contributed by atoms with Crippen molar-refractivity contribution in [2.75, 3.05) is 0 Å². The second-order valence-electron chi connectivity index (χ2n) is 5.24. The molecular formula is C17H15BrN2O2S. The minimum atomic E-state index is -0.535. The Morgan fingerprint density at radius 1 is 1.26 bits per heavy atom. The lowest BCUT2D eigenvalue weighted by Gasteiger charge is -2.12. The van der Waals surface area contributed by atoms with Gasteiger partial charge >= 0.3 is 0 Å². The first-order valence-electron chi connectivity index (χ1n) is 7.19. The fraction of sp³-hybridized carbons (Fsp3) is 0.176. The van der Waals surface area contributed by atoms with E-state index in [-0.39, 0.29) is 11.5 Å². The zero-order valence-corrected chi connectivity index (χ0v) is 14.9. The number of fused-ring (bicyclic) bond motifs is 1. The predicted octanol–water partition coefficient (Wildman–Crippen LogP) is 3.70. The quantitative estimate of drug-likeness (QED) is 0.738. The van der Waals surface area contributed by atoms with Crippen molar-refractivity contribution in [3.63, 3.8) is 0 Å². The molecule has 0 saturated heterocycles.